The van der Waals surface area contributed by atoms with Crippen LogP contribution in [-0.2, 0) is 28.6 Å². The highest BCUT2D eigenvalue weighted by Gasteiger charge is 2.34. The molecule has 0 aromatic heterocycles. The molecule has 0 aliphatic carbocycles. The number of hydrogen-bond donors (Lipinski definition) is 0. The third-order valence-electron chi connectivity index (χ3n) is 8.31. The van der Waals surface area contributed by atoms with Crippen LogP contribution in [0.15, 0.2) is 39.3 Å². The van der Waals surface area contributed by atoms with Gasteiger partial charge in [0, 0.05) is 0 Å². The molecule has 1 aromatic rings. The normalized spacial score (nSPS) is 19.2. The Morgan fingerprint density at radius 3 is 2.07 bits per heavy atom. The molecule has 0 saturated carbocycles. The van der Waals surface area contributed by atoms with E-state index in [1.54, 1.807) is 0 Å². The van der Waals surface area contributed by atoms with Crippen molar-refractivity contribution in [2.24, 2.45) is 11.3 Å². The molecule has 1 fully saturated rings. The summed E-state index contributed by atoms with van der Waals surface area (Å²) in [7, 11) is -4.06. The Balaban J connectivity index is 2.22. The summed E-state index contributed by atoms with van der Waals surface area (Å²) in [5, 5.41) is 0. The lowest BCUT2D eigenvalue weighted by Gasteiger charge is -2.26. The van der Waals surface area contributed by atoms with E-state index in [4.69, 9.17) is 13.7 Å². The predicted octanol–water partition coefficient (Wildman–Crippen LogP) is 9.97. The Labute approximate surface area is 282 Å². The van der Waals surface area contributed by atoms with Gasteiger partial charge in [0.1, 0.15) is 4.90 Å². The summed E-state index contributed by atoms with van der Waals surface area (Å²) in [6.07, 6.45) is 3.25. The molecule has 0 bridgehead atoms. The second kappa shape index (κ2) is 16.6. The topological polar surface area (TPSA) is 78.9 Å². The van der Waals surface area contributed by atoms with Gasteiger partial charge < -0.3 is 9.47 Å². The fourth-order valence-corrected chi connectivity index (χ4v) is 7.46. The quantitative estimate of drug-likeness (QED) is 0.0552. The first-order valence-electron chi connectivity index (χ1n) is 16.2. The zero-order chi connectivity index (χ0) is 33.6. The number of benzene rings is 1. The minimum Gasteiger partial charge on any atom is -0.465 e. The van der Waals surface area contributed by atoms with Crippen LogP contribution in [0, 0.1) is 11.3 Å². The van der Waals surface area contributed by atoms with Gasteiger partial charge in [-0.05, 0) is 131 Å². The minimum atomic E-state index is -4.06. The van der Waals surface area contributed by atoms with E-state index in [0.717, 1.165) is 45.1 Å². The molecule has 44 heavy (non-hydrogen) atoms. The monoisotopic (exact) mass is 744 g/mol. The Kier molecular flexibility index (Phi) is 14.7. The van der Waals surface area contributed by atoms with Gasteiger partial charge in [0.25, 0.3) is 10.1 Å². The molecule has 1 aliphatic rings. The highest BCUT2D eigenvalue weighted by atomic mass is 127. The number of rotatable bonds is 16. The Morgan fingerprint density at radius 1 is 1.02 bits per heavy atom. The van der Waals surface area contributed by atoms with Crippen LogP contribution in [0.25, 0.3) is 0 Å². The zero-order valence-electron chi connectivity index (χ0n) is 28.8. The van der Waals surface area contributed by atoms with Crippen molar-refractivity contribution in [3.05, 3.63) is 51.1 Å². The van der Waals surface area contributed by atoms with E-state index < -0.39 is 21.6 Å². The molecule has 1 heterocycles. The summed E-state index contributed by atoms with van der Waals surface area (Å²) in [6, 6.07) is 4.09. The lowest BCUT2D eigenvalue weighted by molar-refractivity contribution is -0.153. The number of allylic oxidation sites excluding steroid dienone is 1. The molecular weight excluding hydrogens is 687 g/mol. The van der Waals surface area contributed by atoms with Gasteiger partial charge in [0.05, 0.1) is 30.3 Å². The van der Waals surface area contributed by atoms with Crippen LogP contribution in [0.4, 0.5) is 0 Å². The van der Waals surface area contributed by atoms with Crippen molar-refractivity contribution < 1.29 is 26.9 Å². The van der Waals surface area contributed by atoms with E-state index in [1.165, 1.54) is 0 Å². The first kappa shape index (κ1) is 39.0. The molecule has 1 saturated heterocycles. The number of esters is 1. The molecule has 0 amide bonds. The van der Waals surface area contributed by atoms with Crippen LogP contribution in [0.5, 0.6) is 0 Å². The van der Waals surface area contributed by atoms with E-state index in [0.29, 0.717) is 30.8 Å². The Morgan fingerprint density at radius 2 is 1.59 bits per heavy atom. The standard InChI is InChI=1S/C36H57IO6S/c1-22(2)28-20-31(23(3)4)34(32(21-28)24(5)6)44(39,40)43-30(18-25(7)27(9)37)15-16-33-26(8)19-29(42-33)14-13-17-41-35(38)36(10,11)12/h20-25,29-30,33H,8-9,13-19H2,1-7,10-12H3/t25-,29+,30-,33?/m1/s1. The summed E-state index contributed by atoms with van der Waals surface area (Å²) in [6.45, 7) is 28.7. The first-order valence-corrected chi connectivity index (χ1v) is 18.7. The molecule has 1 unspecified atom stereocenters. The molecule has 6 nitrogen and oxygen atoms in total. The van der Waals surface area contributed by atoms with Crippen LogP contribution < -0.4 is 0 Å². The van der Waals surface area contributed by atoms with E-state index in [1.807, 2.05) is 60.6 Å². The molecule has 1 aromatic carbocycles. The number of halogens is 1. The van der Waals surface area contributed by atoms with Crippen LogP contribution >= 0.6 is 22.6 Å². The SMILES string of the molecule is C=C1C[C@H](CCCOC(=O)C(C)(C)C)OC1CC[C@H](C[C@@H](C)C(=C)I)OS(=O)(=O)c1c(C(C)C)cc(C(C)C)cc1C(C)C. The molecule has 2 rings (SSSR count). The largest absolute Gasteiger partial charge is 0.465 e. The van der Waals surface area contributed by atoms with Crippen LogP contribution in [-0.4, -0.2) is 39.3 Å². The molecule has 8 heteroatoms. The third-order valence-corrected chi connectivity index (χ3v) is 10.9. The van der Waals surface area contributed by atoms with Gasteiger partial charge in [-0.25, -0.2) is 0 Å². The molecular formula is C36H57IO6S. The first-order chi connectivity index (χ1) is 20.2. The van der Waals surface area contributed by atoms with Gasteiger partial charge in [-0.1, -0.05) is 73.8 Å². The molecule has 0 N–H and O–H groups in total. The predicted molar refractivity (Wildman–Crippen MR) is 189 cm³/mol. The van der Waals surface area contributed by atoms with Crippen molar-refractivity contribution in [2.45, 2.75) is 149 Å². The Bertz CT molecular complexity index is 1230. The van der Waals surface area contributed by atoms with Crippen molar-refractivity contribution in [2.75, 3.05) is 6.61 Å². The lowest BCUT2D eigenvalue weighted by atomic mass is 9.89. The maximum atomic E-state index is 14.2. The molecule has 4 atom stereocenters. The summed E-state index contributed by atoms with van der Waals surface area (Å²) in [5.74, 6) is 0.219. The summed E-state index contributed by atoms with van der Waals surface area (Å²) < 4.78 is 47.2. The fourth-order valence-electron chi connectivity index (χ4n) is 5.41. The van der Waals surface area contributed by atoms with Gasteiger partial charge in [-0.2, -0.15) is 8.42 Å². The third kappa shape index (κ3) is 11.2. The molecule has 0 spiro atoms. The van der Waals surface area contributed by atoms with Gasteiger partial charge in [-0.15, -0.1) is 0 Å². The molecule has 250 valence electrons. The average molecular weight is 745 g/mol. The number of carbonyl (C=O) groups is 1. The molecule has 1 aliphatic heterocycles. The van der Waals surface area contributed by atoms with E-state index >= 15 is 0 Å². The summed E-state index contributed by atoms with van der Waals surface area (Å²) in [5.41, 5.74) is 3.27. The average Bonchev–Trinajstić information content (AvgIpc) is 3.26. The summed E-state index contributed by atoms with van der Waals surface area (Å²) >= 11 is 2.22. The van der Waals surface area contributed by atoms with Crippen molar-refractivity contribution in [3.63, 3.8) is 0 Å². The molecule has 0 radical (unpaired) electrons. The highest BCUT2D eigenvalue weighted by molar-refractivity contribution is 14.1. The Hall–Kier alpha value is -1.23. The van der Waals surface area contributed by atoms with Crippen molar-refractivity contribution in [3.8, 4) is 0 Å². The fraction of sp³-hybridized carbons (Fsp3) is 0.694. The van der Waals surface area contributed by atoms with Gasteiger partial charge in [0.2, 0.25) is 0 Å². The van der Waals surface area contributed by atoms with E-state index in [2.05, 4.69) is 56.5 Å². The van der Waals surface area contributed by atoms with Gasteiger partial charge in [-0.3, -0.25) is 8.98 Å². The van der Waals surface area contributed by atoms with Gasteiger partial charge in [0.15, 0.2) is 0 Å². The van der Waals surface area contributed by atoms with Crippen LogP contribution in [0.1, 0.15) is 142 Å². The zero-order valence-corrected chi connectivity index (χ0v) is 31.8. The van der Waals surface area contributed by atoms with Crippen LogP contribution in [0.3, 0.4) is 0 Å². The van der Waals surface area contributed by atoms with Crippen molar-refractivity contribution in [1.29, 1.82) is 0 Å². The second-order valence-corrected chi connectivity index (χ2v) is 17.4. The van der Waals surface area contributed by atoms with Crippen molar-refractivity contribution in [1.82, 2.24) is 0 Å². The maximum absolute atomic E-state index is 14.2. The van der Waals surface area contributed by atoms with Crippen molar-refractivity contribution >= 4 is 38.7 Å². The lowest BCUT2D eigenvalue weighted by Crippen LogP contribution is -2.25. The second-order valence-electron chi connectivity index (χ2n) is 14.5. The number of hydrogen-bond acceptors (Lipinski definition) is 6. The van der Waals surface area contributed by atoms with E-state index in [-0.39, 0.29) is 41.8 Å². The summed E-state index contributed by atoms with van der Waals surface area (Å²) in [4.78, 5) is 12.4. The van der Waals surface area contributed by atoms with E-state index in [9.17, 15) is 13.2 Å². The number of ether oxygens (including phenoxy) is 2. The van der Waals surface area contributed by atoms with Crippen LogP contribution in [0.2, 0.25) is 0 Å². The highest BCUT2D eigenvalue weighted by Crippen LogP contribution is 2.38. The maximum Gasteiger partial charge on any atom is 0.311 e. The smallest absolute Gasteiger partial charge is 0.311 e. The van der Waals surface area contributed by atoms with Gasteiger partial charge >= 0.3 is 5.97 Å². The minimum absolute atomic E-state index is 0.0126. The number of carbonyl (C=O) groups excluding carboxylic acids is 1.